The van der Waals surface area contributed by atoms with E-state index in [2.05, 4.69) is 11.4 Å². The van der Waals surface area contributed by atoms with Gasteiger partial charge in [0.25, 0.3) is 0 Å². The summed E-state index contributed by atoms with van der Waals surface area (Å²) in [5, 5.41) is 3.30. The second-order valence-corrected chi connectivity index (χ2v) is 4.10. The van der Waals surface area contributed by atoms with Crippen molar-refractivity contribution in [2.24, 2.45) is 0 Å². The summed E-state index contributed by atoms with van der Waals surface area (Å²) in [7, 11) is 0. The van der Waals surface area contributed by atoms with Crippen LogP contribution < -0.4 is 14.8 Å². The van der Waals surface area contributed by atoms with Gasteiger partial charge in [-0.2, -0.15) is 0 Å². The van der Waals surface area contributed by atoms with Crippen LogP contribution in [0.4, 0.5) is 0 Å². The van der Waals surface area contributed by atoms with Gasteiger partial charge in [-0.3, -0.25) is 0 Å². The van der Waals surface area contributed by atoms with Crippen molar-refractivity contribution in [3.05, 3.63) is 23.8 Å². The van der Waals surface area contributed by atoms with Gasteiger partial charge in [-0.05, 0) is 31.2 Å². The van der Waals surface area contributed by atoms with E-state index in [0.29, 0.717) is 6.10 Å². The summed E-state index contributed by atoms with van der Waals surface area (Å²) in [6.45, 7) is 2.84. The molecule has 2 aliphatic rings. The van der Waals surface area contributed by atoms with Crippen molar-refractivity contribution in [1.29, 1.82) is 0 Å². The predicted molar refractivity (Wildman–Crippen MR) is 57.5 cm³/mol. The maximum Gasteiger partial charge on any atom is 0.122 e. The van der Waals surface area contributed by atoms with E-state index in [1.807, 2.05) is 12.1 Å². The molecule has 3 heteroatoms. The van der Waals surface area contributed by atoms with Crippen molar-refractivity contribution in [2.75, 3.05) is 19.7 Å². The molecule has 1 aromatic carbocycles. The van der Waals surface area contributed by atoms with Gasteiger partial charge in [-0.15, -0.1) is 0 Å². The number of hydrogen-bond acceptors (Lipinski definition) is 3. The Morgan fingerprint density at radius 3 is 3.27 bits per heavy atom. The average molecular weight is 205 g/mol. The van der Waals surface area contributed by atoms with E-state index in [1.54, 1.807) is 0 Å². The topological polar surface area (TPSA) is 30.5 Å². The van der Waals surface area contributed by atoms with Crippen LogP contribution >= 0.6 is 0 Å². The Bertz CT molecular complexity index is 359. The molecule has 0 saturated carbocycles. The molecule has 2 heterocycles. The summed E-state index contributed by atoms with van der Waals surface area (Å²) in [6, 6.07) is 6.13. The number of nitrogens with one attached hydrogen (secondary N) is 1. The molecule has 0 aromatic heterocycles. The average Bonchev–Trinajstić information content (AvgIpc) is 2.87. The van der Waals surface area contributed by atoms with E-state index >= 15 is 0 Å². The van der Waals surface area contributed by atoms with Gasteiger partial charge >= 0.3 is 0 Å². The fraction of sp³-hybridized carbons (Fsp3) is 0.500. The van der Waals surface area contributed by atoms with Crippen molar-refractivity contribution in [2.45, 2.75) is 18.9 Å². The highest BCUT2D eigenvalue weighted by Gasteiger charge is 2.17. The lowest BCUT2D eigenvalue weighted by atomic mass is 10.1. The minimum Gasteiger partial charge on any atom is -0.493 e. The monoisotopic (exact) mass is 205 g/mol. The molecule has 0 aliphatic carbocycles. The highest BCUT2D eigenvalue weighted by Crippen LogP contribution is 2.29. The van der Waals surface area contributed by atoms with Crippen LogP contribution in [0.5, 0.6) is 11.5 Å². The van der Waals surface area contributed by atoms with Crippen LogP contribution in [0.3, 0.4) is 0 Å². The number of fused-ring (bicyclic) bond motifs is 1. The van der Waals surface area contributed by atoms with Crippen LogP contribution in [0, 0.1) is 0 Å². The zero-order chi connectivity index (χ0) is 10.1. The minimum atomic E-state index is 0.338. The second kappa shape index (κ2) is 3.74. The van der Waals surface area contributed by atoms with Crippen molar-refractivity contribution in [3.63, 3.8) is 0 Å². The van der Waals surface area contributed by atoms with Crippen molar-refractivity contribution in [1.82, 2.24) is 5.32 Å². The van der Waals surface area contributed by atoms with Gasteiger partial charge in [0, 0.05) is 18.5 Å². The fourth-order valence-corrected chi connectivity index (χ4v) is 2.16. The lowest BCUT2D eigenvalue weighted by Gasteiger charge is -2.12. The van der Waals surface area contributed by atoms with Crippen LogP contribution in [0.25, 0.3) is 0 Å². The van der Waals surface area contributed by atoms with Crippen molar-refractivity contribution >= 4 is 0 Å². The van der Waals surface area contributed by atoms with E-state index in [4.69, 9.17) is 9.47 Å². The first-order valence-corrected chi connectivity index (χ1v) is 5.55. The fourth-order valence-electron chi connectivity index (χ4n) is 2.16. The number of hydrogen-bond donors (Lipinski definition) is 1. The van der Waals surface area contributed by atoms with Gasteiger partial charge in [0.15, 0.2) is 0 Å². The molecule has 15 heavy (non-hydrogen) atoms. The van der Waals surface area contributed by atoms with Gasteiger partial charge in [0.2, 0.25) is 0 Å². The molecule has 0 amide bonds. The Morgan fingerprint density at radius 1 is 1.40 bits per heavy atom. The summed E-state index contributed by atoms with van der Waals surface area (Å²) < 4.78 is 11.3. The quantitative estimate of drug-likeness (QED) is 0.790. The number of benzene rings is 1. The van der Waals surface area contributed by atoms with Gasteiger partial charge in [0.1, 0.15) is 17.6 Å². The van der Waals surface area contributed by atoms with Crippen molar-refractivity contribution in [3.8, 4) is 11.5 Å². The first kappa shape index (κ1) is 9.04. The molecular weight excluding hydrogens is 190 g/mol. The van der Waals surface area contributed by atoms with Crippen LogP contribution in [0.15, 0.2) is 18.2 Å². The molecule has 80 valence electrons. The van der Waals surface area contributed by atoms with Crippen LogP contribution in [-0.2, 0) is 6.42 Å². The molecule has 1 atom stereocenters. The summed E-state index contributed by atoms with van der Waals surface area (Å²) in [5.41, 5.74) is 1.28. The van der Waals surface area contributed by atoms with Gasteiger partial charge in [-0.25, -0.2) is 0 Å². The van der Waals surface area contributed by atoms with Gasteiger partial charge in [0.05, 0.1) is 6.61 Å². The van der Waals surface area contributed by atoms with E-state index < -0.39 is 0 Å². The maximum atomic E-state index is 5.88. The molecule has 1 saturated heterocycles. The molecule has 3 nitrogen and oxygen atoms in total. The Hall–Kier alpha value is -1.22. The summed E-state index contributed by atoms with van der Waals surface area (Å²) in [5.74, 6) is 2.00. The minimum absolute atomic E-state index is 0.338. The zero-order valence-electron chi connectivity index (χ0n) is 8.66. The highest BCUT2D eigenvalue weighted by atomic mass is 16.5. The Kier molecular flexibility index (Phi) is 2.25. The Morgan fingerprint density at radius 2 is 2.40 bits per heavy atom. The van der Waals surface area contributed by atoms with Gasteiger partial charge in [-0.1, -0.05) is 0 Å². The number of rotatable bonds is 2. The number of ether oxygens (including phenoxy) is 2. The molecule has 1 N–H and O–H groups in total. The van der Waals surface area contributed by atoms with E-state index in [9.17, 15) is 0 Å². The van der Waals surface area contributed by atoms with Gasteiger partial charge < -0.3 is 14.8 Å². The molecule has 0 spiro atoms. The largest absolute Gasteiger partial charge is 0.493 e. The third-order valence-electron chi connectivity index (χ3n) is 2.98. The SMILES string of the molecule is c1cc2c(cc1O[C@H]1CCNC1)CCO2. The second-order valence-electron chi connectivity index (χ2n) is 4.10. The van der Waals surface area contributed by atoms with E-state index in [0.717, 1.165) is 44.0 Å². The Balaban J connectivity index is 1.75. The summed E-state index contributed by atoms with van der Waals surface area (Å²) in [6.07, 6.45) is 2.45. The molecule has 2 aliphatic heterocycles. The Labute approximate surface area is 89.4 Å². The van der Waals surface area contributed by atoms with Crippen LogP contribution in [0.1, 0.15) is 12.0 Å². The standard InChI is InChI=1S/C12H15NO2/c1-2-12-9(4-6-14-12)7-10(1)15-11-3-5-13-8-11/h1-2,7,11,13H,3-6,8H2/t11-/m0/s1. The van der Waals surface area contributed by atoms with E-state index in [1.165, 1.54) is 5.56 Å². The molecule has 3 rings (SSSR count). The molecule has 1 aromatic rings. The van der Waals surface area contributed by atoms with Crippen LogP contribution in [-0.4, -0.2) is 25.8 Å². The molecule has 0 unspecified atom stereocenters. The lowest BCUT2D eigenvalue weighted by molar-refractivity contribution is 0.223. The lowest BCUT2D eigenvalue weighted by Crippen LogP contribution is -2.19. The van der Waals surface area contributed by atoms with Crippen LogP contribution in [0.2, 0.25) is 0 Å². The van der Waals surface area contributed by atoms with Crippen molar-refractivity contribution < 1.29 is 9.47 Å². The first-order chi connectivity index (χ1) is 7.42. The normalized spacial score (nSPS) is 23.6. The molecule has 0 radical (unpaired) electrons. The highest BCUT2D eigenvalue weighted by molar-refractivity contribution is 5.42. The predicted octanol–water partition coefficient (Wildman–Crippen LogP) is 1.36. The zero-order valence-corrected chi connectivity index (χ0v) is 8.66. The smallest absolute Gasteiger partial charge is 0.122 e. The first-order valence-electron chi connectivity index (χ1n) is 5.55. The summed E-state index contributed by atoms with van der Waals surface area (Å²) >= 11 is 0. The third kappa shape index (κ3) is 1.79. The molecule has 1 fully saturated rings. The molecule has 0 bridgehead atoms. The molecular formula is C12H15NO2. The maximum absolute atomic E-state index is 5.88. The van der Waals surface area contributed by atoms with E-state index in [-0.39, 0.29) is 0 Å². The third-order valence-corrected chi connectivity index (χ3v) is 2.98. The summed E-state index contributed by atoms with van der Waals surface area (Å²) in [4.78, 5) is 0.